The van der Waals surface area contributed by atoms with Gasteiger partial charge in [-0.05, 0) is 69.2 Å². The Balaban J connectivity index is 2.54. The fraction of sp³-hybridized carbons (Fsp3) is 0.316. The molecule has 0 N–H and O–H groups in total. The summed E-state index contributed by atoms with van der Waals surface area (Å²) in [4.78, 5) is 12.1. The molecule has 0 bridgehead atoms. The Bertz CT molecular complexity index is 892. The number of anilines is 1. The van der Waals surface area contributed by atoms with Gasteiger partial charge in [0, 0.05) is 0 Å². The van der Waals surface area contributed by atoms with Crippen LogP contribution in [-0.4, -0.2) is 27.0 Å². The summed E-state index contributed by atoms with van der Waals surface area (Å²) in [7, 11) is -4.08. The molecule has 0 fully saturated rings. The van der Waals surface area contributed by atoms with Crippen LogP contribution in [0.4, 0.5) is 10.1 Å². The average Bonchev–Trinajstić information content (AvgIpc) is 2.55. The smallest absolute Gasteiger partial charge is 0.327 e. The Labute approximate surface area is 153 Å². The standard InChI is InChI=1S/C19H22FNO4S/c1-13(2)25-19(22)12-21(18-7-5-6-14(3)15(18)4)26(23,24)17-10-8-16(20)9-11-17/h5-11,13H,12H2,1-4H3. The van der Waals surface area contributed by atoms with Crippen molar-refractivity contribution in [3.05, 3.63) is 59.4 Å². The highest BCUT2D eigenvalue weighted by Gasteiger charge is 2.29. The maximum absolute atomic E-state index is 13.2. The molecule has 2 aromatic carbocycles. The third-order valence-electron chi connectivity index (χ3n) is 3.89. The molecule has 0 aliphatic rings. The molecule has 0 radical (unpaired) electrons. The number of halogens is 1. The van der Waals surface area contributed by atoms with Gasteiger partial charge in [0.1, 0.15) is 12.4 Å². The molecular formula is C19H22FNO4S. The van der Waals surface area contributed by atoms with Gasteiger partial charge in [-0.1, -0.05) is 12.1 Å². The van der Waals surface area contributed by atoms with Crippen LogP contribution in [0.5, 0.6) is 0 Å². The Morgan fingerprint density at radius 2 is 1.73 bits per heavy atom. The van der Waals surface area contributed by atoms with Crippen molar-refractivity contribution in [2.75, 3.05) is 10.8 Å². The third-order valence-corrected chi connectivity index (χ3v) is 5.66. The molecule has 0 spiro atoms. The number of nitrogens with zero attached hydrogens (tertiary/aromatic N) is 1. The molecule has 26 heavy (non-hydrogen) atoms. The van der Waals surface area contributed by atoms with E-state index in [1.165, 1.54) is 12.1 Å². The summed E-state index contributed by atoms with van der Waals surface area (Å²) in [5, 5.41) is 0. The molecule has 140 valence electrons. The quantitative estimate of drug-likeness (QED) is 0.720. The van der Waals surface area contributed by atoms with Crippen molar-refractivity contribution in [1.29, 1.82) is 0 Å². The predicted molar refractivity (Wildman–Crippen MR) is 98.1 cm³/mol. The largest absolute Gasteiger partial charge is 0.462 e. The van der Waals surface area contributed by atoms with E-state index in [4.69, 9.17) is 4.74 Å². The minimum absolute atomic E-state index is 0.0999. The highest BCUT2D eigenvalue weighted by Crippen LogP contribution is 2.28. The van der Waals surface area contributed by atoms with Crippen molar-refractivity contribution in [3.8, 4) is 0 Å². The van der Waals surface area contributed by atoms with Crippen molar-refractivity contribution >= 4 is 21.7 Å². The van der Waals surface area contributed by atoms with Crippen LogP contribution in [0.1, 0.15) is 25.0 Å². The van der Waals surface area contributed by atoms with E-state index in [1.807, 2.05) is 13.0 Å². The number of carbonyl (C=O) groups is 1. The molecular weight excluding hydrogens is 357 g/mol. The summed E-state index contributed by atoms with van der Waals surface area (Å²) in [6, 6.07) is 9.70. The molecule has 0 atom stereocenters. The Morgan fingerprint density at radius 3 is 2.31 bits per heavy atom. The zero-order chi connectivity index (χ0) is 19.5. The molecule has 0 aliphatic carbocycles. The van der Waals surface area contributed by atoms with Crippen LogP contribution in [0.2, 0.25) is 0 Å². The van der Waals surface area contributed by atoms with E-state index in [0.717, 1.165) is 27.6 Å². The van der Waals surface area contributed by atoms with Gasteiger partial charge in [-0.25, -0.2) is 12.8 Å². The first-order valence-electron chi connectivity index (χ1n) is 8.17. The van der Waals surface area contributed by atoms with Crippen molar-refractivity contribution in [3.63, 3.8) is 0 Å². The molecule has 0 saturated heterocycles. The second kappa shape index (κ2) is 7.86. The van der Waals surface area contributed by atoms with Gasteiger partial charge >= 0.3 is 5.97 Å². The number of sulfonamides is 1. The molecule has 0 aromatic heterocycles. The summed E-state index contributed by atoms with van der Waals surface area (Å²) in [5.41, 5.74) is 2.00. The van der Waals surface area contributed by atoms with E-state index < -0.39 is 28.4 Å². The highest BCUT2D eigenvalue weighted by molar-refractivity contribution is 7.92. The van der Waals surface area contributed by atoms with Gasteiger partial charge in [-0.15, -0.1) is 0 Å². The second-order valence-corrected chi connectivity index (χ2v) is 8.09. The zero-order valence-electron chi connectivity index (χ0n) is 15.2. The van der Waals surface area contributed by atoms with E-state index >= 15 is 0 Å². The Kier molecular flexibility index (Phi) is 6.02. The summed E-state index contributed by atoms with van der Waals surface area (Å²) in [6.45, 7) is 6.55. The topological polar surface area (TPSA) is 63.7 Å². The lowest BCUT2D eigenvalue weighted by molar-refractivity contribution is -0.145. The fourth-order valence-corrected chi connectivity index (χ4v) is 3.92. The number of rotatable bonds is 6. The van der Waals surface area contributed by atoms with Crippen LogP contribution >= 0.6 is 0 Å². The summed E-state index contributed by atoms with van der Waals surface area (Å²) in [6.07, 6.45) is -0.364. The molecule has 0 heterocycles. The van der Waals surface area contributed by atoms with Crippen molar-refractivity contribution in [2.45, 2.75) is 38.7 Å². The molecule has 0 aliphatic heterocycles. The molecule has 2 rings (SSSR count). The van der Waals surface area contributed by atoms with Crippen molar-refractivity contribution in [1.82, 2.24) is 0 Å². The van der Waals surface area contributed by atoms with Crippen LogP contribution in [0.15, 0.2) is 47.4 Å². The number of benzene rings is 2. The summed E-state index contributed by atoms with van der Waals surface area (Å²) in [5.74, 6) is -1.20. The molecule has 0 unspecified atom stereocenters. The van der Waals surface area contributed by atoms with E-state index in [2.05, 4.69) is 0 Å². The maximum Gasteiger partial charge on any atom is 0.327 e. The number of ether oxygens (including phenoxy) is 1. The first kappa shape index (κ1) is 19.9. The van der Waals surface area contributed by atoms with E-state index in [1.54, 1.807) is 32.9 Å². The molecule has 0 saturated carbocycles. The number of esters is 1. The first-order chi connectivity index (χ1) is 12.1. The van der Waals surface area contributed by atoms with Gasteiger partial charge in [0.2, 0.25) is 0 Å². The van der Waals surface area contributed by atoms with Crippen molar-refractivity contribution in [2.24, 2.45) is 0 Å². The maximum atomic E-state index is 13.2. The van der Waals surface area contributed by atoms with Crippen LogP contribution in [-0.2, 0) is 19.6 Å². The fourth-order valence-electron chi connectivity index (χ4n) is 2.46. The van der Waals surface area contributed by atoms with Gasteiger partial charge in [-0.3, -0.25) is 9.10 Å². The number of carbonyl (C=O) groups excluding carboxylic acids is 1. The normalized spacial score (nSPS) is 11.5. The first-order valence-corrected chi connectivity index (χ1v) is 9.61. The van der Waals surface area contributed by atoms with E-state index in [-0.39, 0.29) is 11.0 Å². The Hall–Kier alpha value is -2.41. The van der Waals surface area contributed by atoms with Gasteiger partial charge in [-0.2, -0.15) is 0 Å². The lowest BCUT2D eigenvalue weighted by Crippen LogP contribution is -2.37. The number of hydrogen-bond acceptors (Lipinski definition) is 4. The lowest BCUT2D eigenvalue weighted by Gasteiger charge is -2.26. The van der Waals surface area contributed by atoms with Crippen LogP contribution < -0.4 is 4.31 Å². The Morgan fingerprint density at radius 1 is 1.12 bits per heavy atom. The van der Waals surface area contributed by atoms with Crippen molar-refractivity contribution < 1.29 is 22.3 Å². The van der Waals surface area contributed by atoms with Crippen LogP contribution in [0, 0.1) is 19.7 Å². The highest BCUT2D eigenvalue weighted by atomic mass is 32.2. The lowest BCUT2D eigenvalue weighted by atomic mass is 10.1. The van der Waals surface area contributed by atoms with Crippen LogP contribution in [0.3, 0.4) is 0 Å². The molecule has 7 heteroatoms. The summed E-state index contributed by atoms with van der Waals surface area (Å²) >= 11 is 0. The summed E-state index contributed by atoms with van der Waals surface area (Å²) < 4.78 is 45.6. The SMILES string of the molecule is Cc1cccc(N(CC(=O)OC(C)C)S(=O)(=O)c2ccc(F)cc2)c1C. The number of hydrogen-bond donors (Lipinski definition) is 0. The zero-order valence-corrected chi connectivity index (χ0v) is 16.0. The molecule has 5 nitrogen and oxygen atoms in total. The van der Waals surface area contributed by atoms with E-state index in [0.29, 0.717) is 5.69 Å². The minimum Gasteiger partial charge on any atom is -0.462 e. The second-order valence-electron chi connectivity index (χ2n) is 6.22. The molecule has 0 amide bonds. The van der Waals surface area contributed by atoms with Crippen LogP contribution in [0.25, 0.3) is 0 Å². The van der Waals surface area contributed by atoms with Gasteiger partial charge < -0.3 is 4.74 Å². The van der Waals surface area contributed by atoms with Gasteiger partial charge in [0.05, 0.1) is 16.7 Å². The average molecular weight is 379 g/mol. The van der Waals surface area contributed by atoms with Gasteiger partial charge in [0.25, 0.3) is 10.0 Å². The third kappa shape index (κ3) is 4.40. The van der Waals surface area contributed by atoms with Gasteiger partial charge in [0.15, 0.2) is 0 Å². The monoisotopic (exact) mass is 379 g/mol. The van der Waals surface area contributed by atoms with E-state index in [9.17, 15) is 17.6 Å². The number of aryl methyl sites for hydroxylation is 1. The predicted octanol–water partition coefficient (Wildman–Crippen LogP) is 3.59. The minimum atomic E-state index is -4.08. The molecule has 2 aromatic rings.